The van der Waals surface area contributed by atoms with E-state index in [2.05, 4.69) is 0 Å². The highest BCUT2D eigenvalue weighted by molar-refractivity contribution is 7.80. The lowest BCUT2D eigenvalue weighted by Crippen LogP contribution is -2.11. The summed E-state index contributed by atoms with van der Waals surface area (Å²) in [5, 5.41) is 0.529. The summed E-state index contributed by atoms with van der Waals surface area (Å²) in [6.07, 6.45) is 0.0419. The molecule has 1 saturated heterocycles. The van der Waals surface area contributed by atoms with Crippen LogP contribution < -0.4 is 4.74 Å². The summed E-state index contributed by atoms with van der Waals surface area (Å²) in [4.78, 5) is 0. The van der Waals surface area contributed by atoms with Crippen molar-refractivity contribution in [1.29, 1.82) is 0 Å². The third-order valence-corrected chi connectivity index (χ3v) is 1.90. The first-order valence-corrected chi connectivity index (χ1v) is 4.15. The Morgan fingerprint density at radius 2 is 2.08 bits per heavy atom. The molecule has 3 heteroatoms. The van der Waals surface area contributed by atoms with E-state index in [1.54, 1.807) is 0 Å². The molecule has 1 aliphatic rings. The normalized spacial score (nSPS) is 20.2. The van der Waals surface area contributed by atoms with Crippen molar-refractivity contribution < 1.29 is 9.47 Å². The fourth-order valence-corrected chi connectivity index (χ4v) is 1.09. The van der Waals surface area contributed by atoms with Crippen molar-refractivity contribution in [2.75, 3.05) is 6.61 Å². The average Bonchev–Trinajstić information content (AvgIpc) is 2.88. The van der Waals surface area contributed by atoms with Gasteiger partial charge in [0.1, 0.15) is 11.9 Å². The molecule has 0 aromatic heterocycles. The second kappa shape index (κ2) is 3.21. The summed E-state index contributed by atoms with van der Waals surface area (Å²) in [5.41, 5.74) is 0. The molecular weight excluding hydrogens is 172 g/mol. The van der Waals surface area contributed by atoms with Gasteiger partial charge in [0, 0.05) is 0 Å². The van der Waals surface area contributed by atoms with Gasteiger partial charge in [0.05, 0.1) is 6.61 Å². The number of hydrogen-bond acceptors (Lipinski definition) is 3. The highest BCUT2D eigenvalue weighted by Crippen LogP contribution is 2.16. The fourth-order valence-electron chi connectivity index (χ4n) is 0.855. The van der Waals surface area contributed by atoms with Crippen LogP contribution in [0.2, 0.25) is 0 Å². The van der Waals surface area contributed by atoms with E-state index in [0.717, 1.165) is 5.75 Å². The maximum absolute atomic E-state index is 5.34. The molecule has 0 N–H and O–H groups in total. The number of para-hydroxylation sites is 1. The zero-order valence-electron chi connectivity index (χ0n) is 6.40. The Balaban J connectivity index is 1.98. The molecule has 62 valence electrons. The van der Waals surface area contributed by atoms with Crippen LogP contribution in [0.25, 0.3) is 0 Å². The molecule has 0 amide bonds. The number of thiocarbonyl (C=S) groups is 1. The van der Waals surface area contributed by atoms with Crippen LogP contribution in [0.3, 0.4) is 0 Å². The third-order valence-electron chi connectivity index (χ3n) is 1.56. The quantitative estimate of drug-likeness (QED) is 0.511. The van der Waals surface area contributed by atoms with Gasteiger partial charge >= 0.3 is 0 Å². The van der Waals surface area contributed by atoms with Crippen LogP contribution in [0, 0.1) is 0 Å². The Morgan fingerprint density at radius 1 is 1.42 bits per heavy atom. The van der Waals surface area contributed by atoms with E-state index in [0.29, 0.717) is 11.7 Å². The molecule has 2 nitrogen and oxygen atoms in total. The minimum absolute atomic E-state index is 0.0419. The molecule has 0 bridgehead atoms. The number of hydrogen-bond donors (Lipinski definition) is 0. The SMILES string of the molecule is S=C(Oc1ccccc1)C1CO1. The van der Waals surface area contributed by atoms with E-state index in [9.17, 15) is 0 Å². The monoisotopic (exact) mass is 180 g/mol. The van der Waals surface area contributed by atoms with Crippen molar-refractivity contribution in [1.82, 2.24) is 0 Å². The van der Waals surface area contributed by atoms with Crippen LogP contribution in [0.5, 0.6) is 5.75 Å². The maximum Gasteiger partial charge on any atom is 0.198 e. The minimum Gasteiger partial charge on any atom is -0.447 e. The second-order valence-corrected chi connectivity index (χ2v) is 2.96. The first-order chi connectivity index (χ1) is 5.86. The van der Waals surface area contributed by atoms with Gasteiger partial charge in [-0.05, 0) is 24.4 Å². The van der Waals surface area contributed by atoms with E-state index in [4.69, 9.17) is 21.7 Å². The Bertz CT molecular complexity index is 280. The molecule has 1 fully saturated rings. The first-order valence-electron chi connectivity index (χ1n) is 3.74. The van der Waals surface area contributed by atoms with Crippen molar-refractivity contribution in [2.24, 2.45) is 0 Å². The number of ether oxygens (including phenoxy) is 2. The van der Waals surface area contributed by atoms with E-state index in [1.807, 2.05) is 30.3 Å². The van der Waals surface area contributed by atoms with Crippen LogP contribution in [0.15, 0.2) is 30.3 Å². The van der Waals surface area contributed by atoms with Crippen molar-refractivity contribution in [2.45, 2.75) is 6.10 Å². The number of rotatable bonds is 2. The zero-order valence-corrected chi connectivity index (χ0v) is 7.21. The van der Waals surface area contributed by atoms with Gasteiger partial charge in [0.15, 0.2) is 5.05 Å². The van der Waals surface area contributed by atoms with Gasteiger partial charge < -0.3 is 9.47 Å². The first kappa shape index (κ1) is 7.71. The summed E-state index contributed by atoms with van der Waals surface area (Å²) in [5.74, 6) is 0.776. The van der Waals surface area contributed by atoms with Gasteiger partial charge in [0.2, 0.25) is 0 Å². The molecule has 1 aliphatic heterocycles. The van der Waals surface area contributed by atoms with Crippen molar-refractivity contribution in [3.8, 4) is 5.75 Å². The van der Waals surface area contributed by atoms with E-state index < -0.39 is 0 Å². The predicted molar refractivity (Wildman–Crippen MR) is 49.4 cm³/mol. The lowest BCUT2D eigenvalue weighted by atomic mass is 10.3. The Hall–Kier alpha value is -0.930. The average molecular weight is 180 g/mol. The molecular formula is C9H8O2S. The topological polar surface area (TPSA) is 21.8 Å². The summed E-state index contributed by atoms with van der Waals surface area (Å²) < 4.78 is 10.3. The molecule has 0 radical (unpaired) electrons. The highest BCUT2D eigenvalue weighted by atomic mass is 32.1. The minimum atomic E-state index is 0.0419. The second-order valence-electron chi connectivity index (χ2n) is 2.56. The molecule has 1 atom stereocenters. The Labute approximate surface area is 76.1 Å². The predicted octanol–water partition coefficient (Wildman–Crippen LogP) is 1.79. The van der Waals surface area contributed by atoms with Crippen LogP contribution in [0.1, 0.15) is 0 Å². The summed E-state index contributed by atoms with van der Waals surface area (Å²) in [7, 11) is 0. The van der Waals surface area contributed by atoms with E-state index in [1.165, 1.54) is 0 Å². The molecule has 0 aliphatic carbocycles. The van der Waals surface area contributed by atoms with E-state index >= 15 is 0 Å². The lowest BCUT2D eigenvalue weighted by Gasteiger charge is -2.02. The van der Waals surface area contributed by atoms with Crippen molar-refractivity contribution in [3.05, 3.63) is 30.3 Å². The number of epoxide rings is 1. The van der Waals surface area contributed by atoms with Gasteiger partial charge in [-0.25, -0.2) is 0 Å². The highest BCUT2D eigenvalue weighted by Gasteiger charge is 2.29. The van der Waals surface area contributed by atoms with Gasteiger partial charge in [-0.2, -0.15) is 0 Å². The van der Waals surface area contributed by atoms with Crippen LogP contribution >= 0.6 is 12.2 Å². The fraction of sp³-hybridized carbons (Fsp3) is 0.222. The van der Waals surface area contributed by atoms with Gasteiger partial charge in [-0.15, -0.1) is 0 Å². The molecule has 2 rings (SSSR count). The third kappa shape index (κ3) is 1.81. The smallest absolute Gasteiger partial charge is 0.198 e. The van der Waals surface area contributed by atoms with E-state index in [-0.39, 0.29) is 6.10 Å². The zero-order chi connectivity index (χ0) is 8.39. The van der Waals surface area contributed by atoms with Crippen LogP contribution in [-0.4, -0.2) is 17.8 Å². The molecule has 1 aromatic carbocycles. The Morgan fingerprint density at radius 3 is 2.67 bits per heavy atom. The van der Waals surface area contributed by atoms with Crippen LogP contribution in [0.4, 0.5) is 0 Å². The molecule has 12 heavy (non-hydrogen) atoms. The Kier molecular flexibility index (Phi) is 2.06. The molecule has 1 aromatic rings. The van der Waals surface area contributed by atoms with Gasteiger partial charge in [0.25, 0.3) is 0 Å². The van der Waals surface area contributed by atoms with Crippen LogP contribution in [-0.2, 0) is 4.74 Å². The summed E-state index contributed by atoms with van der Waals surface area (Å²) >= 11 is 4.98. The van der Waals surface area contributed by atoms with Gasteiger partial charge in [-0.1, -0.05) is 18.2 Å². The molecule has 0 spiro atoms. The van der Waals surface area contributed by atoms with Crippen molar-refractivity contribution in [3.63, 3.8) is 0 Å². The molecule has 0 saturated carbocycles. The van der Waals surface area contributed by atoms with Gasteiger partial charge in [-0.3, -0.25) is 0 Å². The molecule has 1 heterocycles. The lowest BCUT2D eigenvalue weighted by molar-refractivity contribution is 0.424. The summed E-state index contributed by atoms with van der Waals surface area (Å²) in [6.45, 7) is 0.700. The number of benzene rings is 1. The molecule has 1 unspecified atom stereocenters. The summed E-state index contributed by atoms with van der Waals surface area (Å²) in [6, 6.07) is 9.49. The standard InChI is InChI=1S/C9H8O2S/c12-9(8-6-10-8)11-7-4-2-1-3-5-7/h1-5,8H,6H2. The largest absolute Gasteiger partial charge is 0.447 e. The maximum atomic E-state index is 5.34. The van der Waals surface area contributed by atoms with Crippen molar-refractivity contribution >= 4 is 17.3 Å².